The summed E-state index contributed by atoms with van der Waals surface area (Å²) in [6.07, 6.45) is 3.59. The number of anilines is 1. The maximum atomic E-state index is 13.7. The standard InChI is InChI=1S/C28H24N4O2S/c1-19-17-20(2)25-24(18-19)35-28(30-25)32(16-15-31-14-6-13-29-31)27(34)23-11-9-22(10-12-23)26(33)21-7-4-3-5-8-21/h3-14,17-18H,15-16H2,1-2H3. The first-order valence-electron chi connectivity index (χ1n) is 11.4. The number of carbonyl (C=O) groups is 2. The molecule has 2 aromatic heterocycles. The number of nitrogens with zero attached hydrogens (tertiary/aromatic N) is 4. The molecule has 2 heterocycles. The summed E-state index contributed by atoms with van der Waals surface area (Å²) in [5.41, 5.74) is 4.83. The van der Waals surface area contributed by atoms with Gasteiger partial charge in [0.1, 0.15) is 0 Å². The Labute approximate surface area is 207 Å². The van der Waals surface area contributed by atoms with Gasteiger partial charge < -0.3 is 0 Å². The molecule has 0 bridgehead atoms. The fraction of sp³-hybridized carbons (Fsp3) is 0.143. The van der Waals surface area contributed by atoms with Gasteiger partial charge in [-0.1, -0.05) is 59.9 Å². The number of aromatic nitrogens is 3. The van der Waals surface area contributed by atoms with Crippen molar-refractivity contribution in [3.05, 3.63) is 113 Å². The number of benzene rings is 3. The Morgan fingerprint density at radius 3 is 2.34 bits per heavy atom. The first-order chi connectivity index (χ1) is 17.0. The average molecular weight is 481 g/mol. The highest BCUT2D eigenvalue weighted by atomic mass is 32.1. The maximum Gasteiger partial charge on any atom is 0.260 e. The summed E-state index contributed by atoms with van der Waals surface area (Å²) in [6, 6.07) is 22.0. The molecule has 6 nitrogen and oxygen atoms in total. The molecule has 0 fully saturated rings. The van der Waals surface area contributed by atoms with Crippen molar-refractivity contribution in [3.8, 4) is 0 Å². The van der Waals surface area contributed by atoms with Crippen LogP contribution in [0.3, 0.4) is 0 Å². The van der Waals surface area contributed by atoms with Crippen molar-refractivity contribution >= 4 is 38.4 Å². The summed E-state index contributed by atoms with van der Waals surface area (Å²) in [7, 11) is 0. The quantitative estimate of drug-likeness (QED) is 0.281. The molecule has 7 heteroatoms. The third kappa shape index (κ3) is 4.76. The number of amides is 1. The average Bonchev–Trinajstić information content (AvgIpc) is 3.55. The van der Waals surface area contributed by atoms with E-state index in [4.69, 9.17) is 4.98 Å². The lowest BCUT2D eigenvalue weighted by atomic mass is 10.0. The van der Waals surface area contributed by atoms with Crippen LogP contribution in [0.4, 0.5) is 5.13 Å². The third-order valence-electron chi connectivity index (χ3n) is 5.84. The van der Waals surface area contributed by atoms with E-state index in [-0.39, 0.29) is 11.7 Å². The van der Waals surface area contributed by atoms with Gasteiger partial charge in [-0.15, -0.1) is 0 Å². The van der Waals surface area contributed by atoms with Crippen molar-refractivity contribution < 1.29 is 9.59 Å². The van der Waals surface area contributed by atoms with E-state index in [1.807, 2.05) is 37.4 Å². The molecular formula is C28H24N4O2S. The fourth-order valence-electron chi connectivity index (χ4n) is 4.07. The topological polar surface area (TPSA) is 68.1 Å². The SMILES string of the molecule is Cc1cc(C)c2nc(N(CCn3cccn3)C(=O)c3ccc(C(=O)c4ccccc4)cc3)sc2c1. The van der Waals surface area contributed by atoms with Crippen LogP contribution in [0.15, 0.2) is 85.2 Å². The fourth-order valence-corrected chi connectivity index (χ4v) is 5.24. The van der Waals surface area contributed by atoms with Crippen LogP contribution in [-0.2, 0) is 6.54 Å². The van der Waals surface area contributed by atoms with Gasteiger partial charge in [-0.05, 0) is 49.2 Å². The molecule has 0 saturated heterocycles. The molecule has 5 aromatic rings. The second-order valence-electron chi connectivity index (χ2n) is 8.42. The van der Waals surface area contributed by atoms with Crippen LogP contribution in [0.2, 0.25) is 0 Å². The van der Waals surface area contributed by atoms with Crippen LogP contribution in [0.5, 0.6) is 0 Å². The molecular weight excluding hydrogens is 456 g/mol. The van der Waals surface area contributed by atoms with Gasteiger partial charge in [0.2, 0.25) is 0 Å². The zero-order valence-corrected chi connectivity index (χ0v) is 20.3. The Kier molecular flexibility index (Phi) is 6.25. The summed E-state index contributed by atoms with van der Waals surface area (Å²) in [5, 5.41) is 4.91. The van der Waals surface area contributed by atoms with E-state index in [2.05, 4.69) is 24.2 Å². The van der Waals surface area contributed by atoms with E-state index in [9.17, 15) is 9.59 Å². The smallest absolute Gasteiger partial charge is 0.260 e. The van der Waals surface area contributed by atoms with Crippen LogP contribution in [0.25, 0.3) is 10.2 Å². The van der Waals surface area contributed by atoms with Gasteiger partial charge in [0.05, 0.1) is 16.8 Å². The number of hydrogen-bond donors (Lipinski definition) is 0. The second-order valence-corrected chi connectivity index (χ2v) is 9.43. The van der Waals surface area contributed by atoms with Gasteiger partial charge >= 0.3 is 0 Å². The number of thiazole rings is 1. The molecule has 1 amide bonds. The molecule has 0 unspecified atom stereocenters. The van der Waals surface area contributed by atoms with Crippen molar-refractivity contribution in [2.24, 2.45) is 0 Å². The first-order valence-corrected chi connectivity index (χ1v) is 12.2. The zero-order valence-electron chi connectivity index (χ0n) is 19.5. The summed E-state index contributed by atoms with van der Waals surface area (Å²) >= 11 is 1.51. The molecule has 0 radical (unpaired) electrons. The van der Waals surface area contributed by atoms with E-state index >= 15 is 0 Å². The Hall–Kier alpha value is -4.10. The molecule has 0 saturated carbocycles. The number of rotatable bonds is 7. The maximum absolute atomic E-state index is 13.7. The lowest BCUT2D eigenvalue weighted by molar-refractivity contribution is 0.0983. The van der Waals surface area contributed by atoms with Crippen LogP contribution in [-0.4, -0.2) is 33.0 Å². The van der Waals surface area contributed by atoms with Crippen molar-refractivity contribution in [2.75, 3.05) is 11.4 Å². The molecule has 0 N–H and O–H groups in total. The Morgan fingerprint density at radius 1 is 0.914 bits per heavy atom. The lowest BCUT2D eigenvalue weighted by Crippen LogP contribution is -2.34. The molecule has 0 aliphatic rings. The second kappa shape index (κ2) is 9.64. The number of carbonyl (C=O) groups excluding carboxylic acids is 2. The van der Waals surface area contributed by atoms with E-state index < -0.39 is 0 Å². The molecule has 35 heavy (non-hydrogen) atoms. The molecule has 0 aliphatic carbocycles. The van der Waals surface area contributed by atoms with Crippen molar-refractivity contribution in [1.82, 2.24) is 14.8 Å². The largest absolute Gasteiger partial charge is 0.289 e. The molecule has 0 atom stereocenters. The predicted molar refractivity (Wildman–Crippen MR) is 139 cm³/mol. The lowest BCUT2D eigenvalue weighted by Gasteiger charge is -2.20. The van der Waals surface area contributed by atoms with Crippen molar-refractivity contribution in [2.45, 2.75) is 20.4 Å². The van der Waals surface area contributed by atoms with Gasteiger partial charge in [-0.25, -0.2) is 4.98 Å². The highest BCUT2D eigenvalue weighted by Gasteiger charge is 2.22. The minimum atomic E-state index is -0.163. The normalized spacial score (nSPS) is 11.0. The van der Waals surface area contributed by atoms with Crippen LogP contribution in [0, 0.1) is 13.8 Å². The van der Waals surface area contributed by atoms with E-state index in [0.29, 0.717) is 34.9 Å². The highest BCUT2D eigenvalue weighted by Crippen LogP contribution is 2.32. The van der Waals surface area contributed by atoms with Gasteiger partial charge in [0.25, 0.3) is 5.91 Å². The Balaban J connectivity index is 1.46. The van der Waals surface area contributed by atoms with Gasteiger partial charge in [-0.2, -0.15) is 5.10 Å². The highest BCUT2D eigenvalue weighted by molar-refractivity contribution is 7.22. The minimum absolute atomic E-state index is 0.0721. The number of fused-ring (bicyclic) bond motifs is 1. The number of aryl methyl sites for hydroxylation is 2. The monoisotopic (exact) mass is 480 g/mol. The third-order valence-corrected chi connectivity index (χ3v) is 6.86. The summed E-state index contributed by atoms with van der Waals surface area (Å²) < 4.78 is 2.85. The summed E-state index contributed by atoms with van der Waals surface area (Å²) in [6.45, 7) is 5.06. The zero-order chi connectivity index (χ0) is 24.4. The summed E-state index contributed by atoms with van der Waals surface area (Å²) in [5.74, 6) is -0.235. The molecule has 0 aliphatic heterocycles. The molecule has 0 spiro atoms. The molecule has 5 rings (SSSR count). The van der Waals surface area contributed by atoms with E-state index in [1.165, 1.54) is 16.9 Å². The van der Waals surface area contributed by atoms with Gasteiger partial charge in [-0.3, -0.25) is 19.2 Å². The minimum Gasteiger partial charge on any atom is -0.289 e. The van der Waals surface area contributed by atoms with Gasteiger partial charge in [0.15, 0.2) is 10.9 Å². The van der Waals surface area contributed by atoms with Crippen LogP contribution in [0.1, 0.15) is 37.4 Å². The number of hydrogen-bond acceptors (Lipinski definition) is 5. The number of ketones is 1. The van der Waals surface area contributed by atoms with E-state index in [1.54, 1.807) is 52.2 Å². The molecule has 174 valence electrons. The van der Waals surface area contributed by atoms with Crippen molar-refractivity contribution in [3.63, 3.8) is 0 Å². The predicted octanol–water partition coefficient (Wildman–Crippen LogP) is 5.69. The molecule has 3 aromatic carbocycles. The Morgan fingerprint density at radius 2 is 1.63 bits per heavy atom. The van der Waals surface area contributed by atoms with Crippen molar-refractivity contribution in [1.29, 1.82) is 0 Å². The van der Waals surface area contributed by atoms with E-state index in [0.717, 1.165) is 15.8 Å². The first kappa shape index (κ1) is 22.7. The van der Waals surface area contributed by atoms with Gasteiger partial charge in [0, 0.05) is 35.6 Å². The summed E-state index contributed by atoms with van der Waals surface area (Å²) in [4.78, 5) is 33.0. The van der Waals surface area contributed by atoms with Crippen LogP contribution >= 0.6 is 11.3 Å². The Bertz CT molecular complexity index is 1490. The van der Waals surface area contributed by atoms with Crippen LogP contribution < -0.4 is 4.90 Å².